The maximum absolute atomic E-state index is 12.0. The van der Waals surface area contributed by atoms with Gasteiger partial charge in [0.25, 0.3) is 0 Å². The molecule has 1 heterocycles. The number of nitrogens with one attached hydrogen (secondary N) is 1. The van der Waals surface area contributed by atoms with Crippen molar-refractivity contribution < 1.29 is 8.42 Å². The smallest absolute Gasteiger partial charge is 0.243 e. The zero-order valence-electron chi connectivity index (χ0n) is 11.0. The van der Waals surface area contributed by atoms with Crippen molar-refractivity contribution in [1.29, 1.82) is 0 Å². The van der Waals surface area contributed by atoms with E-state index in [-0.39, 0.29) is 10.9 Å². The zero-order chi connectivity index (χ0) is 13.6. The molecule has 0 amide bonds. The molecule has 0 saturated heterocycles. The van der Waals surface area contributed by atoms with E-state index in [1.807, 2.05) is 6.92 Å². The average Bonchev–Trinajstić information content (AvgIpc) is 2.75. The minimum atomic E-state index is -3.46. The van der Waals surface area contributed by atoms with Gasteiger partial charge in [-0.3, -0.25) is 4.68 Å². The molecule has 0 aliphatic rings. The number of rotatable bonds is 8. The van der Waals surface area contributed by atoms with Gasteiger partial charge >= 0.3 is 0 Å². The molecule has 3 N–H and O–H groups in total. The minimum Gasteiger partial charge on any atom is -0.329 e. The summed E-state index contributed by atoms with van der Waals surface area (Å²) in [6.45, 7) is 4.90. The predicted octanol–water partition coefficient (Wildman–Crippen LogP) is 0.699. The molecule has 1 aromatic rings. The summed E-state index contributed by atoms with van der Waals surface area (Å²) in [5.41, 5.74) is 5.39. The molecule has 0 bridgehead atoms. The number of nitrogens with zero attached hydrogens (tertiary/aromatic N) is 2. The van der Waals surface area contributed by atoms with Crippen LogP contribution in [0.4, 0.5) is 0 Å². The first kappa shape index (κ1) is 15.1. The van der Waals surface area contributed by atoms with Gasteiger partial charge in [-0.15, -0.1) is 0 Å². The lowest BCUT2D eigenvalue weighted by Crippen LogP contribution is -2.32. The summed E-state index contributed by atoms with van der Waals surface area (Å²) in [5, 5.41) is 3.96. The first-order chi connectivity index (χ1) is 8.49. The molecule has 18 heavy (non-hydrogen) atoms. The van der Waals surface area contributed by atoms with Crippen molar-refractivity contribution in [2.75, 3.05) is 6.54 Å². The van der Waals surface area contributed by atoms with E-state index in [1.54, 1.807) is 0 Å². The molecule has 0 fully saturated rings. The standard InChI is InChI=1S/C11H22N4O2S/c1-3-4-5-10(2)14-18(16,17)11-8-13-15(9-11)7-6-12/h8-10,14H,3-7,12H2,1-2H3. The number of unbranched alkanes of at least 4 members (excludes halogenated alkanes) is 1. The van der Waals surface area contributed by atoms with Crippen molar-refractivity contribution in [3.63, 3.8) is 0 Å². The monoisotopic (exact) mass is 274 g/mol. The minimum absolute atomic E-state index is 0.0622. The van der Waals surface area contributed by atoms with Gasteiger partial charge in [-0.2, -0.15) is 5.10 Å². The first-order valence-electron chi connectivity index (χ1n) is 6.24. The van der Waals surface area contributed by atoms with Crippen molar-refractivity contribution >= 4 is 10.0 Å². The molecule has 0 aromatic carbocycles. The van der Waals surface area contributed by atoms with Crippen LogP contribution in [0.3, 0.4) is 0 Å². The number of sulfonamides is 1. The van der Waals surface area contributed by atoms with E-state index < -0.39 is 10.0 Å². The second kappa shape index (κ2) is 6.86. The van der Waals surface area contributed by atoms with Crippen molar-refractivity contribution in [1.82, 2.24) is 14.5 Å². The number of hydrogen-bond donors (Lipinski definition) is 2. The molecule has 1 rings (SSSR count). The van der Waals surface area contributed by atoms with Crippen molar-refractivity contribution in [2.45, 2.75) is 50.6 Å². The van der Waals surface area contributed by atoms with Gasteiger partial charge in [0.05, 0.1) is 12.7 Å². The predicted molar refractivity (Wildman–Crippen MR) is 70.6 cm³/mol. The van der Waals surface area contributed by atoms with E-state index in [4.69, 9.17) is 5.73 Å². The fraction of sp³-hybridized carbons (Fsp3) is 0.727. The van der Waals surface area contributed by atoms with Crippen LogP contribution in [0.1, 0.15) is 33.1 Å². The van der Waals surface area contributed by atoms with E-state index >= 15 is 0 Å². The Morgan fingerprint density at radius 1 is 1.56 bits per heavy atom. The fourth-order valence-electron chi connectivity index (χ4n) is 1.64. The lowest BCUT2D eigenvalue weighted by atomic mass is 10.2. The molecule has 0 aliphatic carbocycles. The Morgan fingerprint density at radius 2 is 2.28 bits per heavy atom. The van der Waals surface area contributed by atoms with Crippen LogP contribution in [-0.2, 0) is 16.6 Å². The van der Waals surface area contributed by atoms with E-state index in [1.165, 1.54) is 17.1 Å². The third-order valence-electron chi connectivity index (χ3n) is 2.63. The Balaban J connectivity index is 2.67. The largest absolute Gasteiger partial charge is 0.329 e. The third-order valence-corrected chi connectivity index (χ3v) is 4.17. The molecular formula is C11H22N4O2S. The highest BCUT2D eigenvalue weighted by molar-refractivity contribution is 7.89. The molecule has 104 valence electrons. The van der Waals surface area contributed by atoms with Crippen LogP contribution in [0.2, 0.25) is 0 Å². The van der Waals surface area contributed by atoms with Gasteiger partial charge in [0.1, 0.15) is 4.90 Å². The first-order valence-corrected chi connectivity index (χ1v) is 7.72. The average molecular weight is 274 g/mol. The summed E-state index contributed by atoms with van der Waals surface area (Å²) in [4.78, 5) is 0.194. The quantitative estimate of drug-likeness (QED) is 0.730. The maximum Gasteiger partial charge on any atom is 0.243 e. The number of nitrogens with two attached hydrogens (primary N) is 1. The molecule has 1 unspecified atom stereocenters. The molecule has 0 saturated carbocycles. The normalized spacial score (nSPS) is 13.7. The Morgan fingerprint density at radius 3 is 2.89 bits per heavy atom. The molecular weight excluding hydrogens is 252 g/mol. The van der Waals surface area contributed by atoms with Crippen molar-refractivity contribution in [3.8, 4) is 0 Å². The maximum atomic E-state index is 12.0. The molecule has 1 aromatic heterocycles. The Kier molecular flexibility index (Phi) is 5.77. The number of aromatic nitrogens is 2. The highest BCUT2D eigenvalue weighted by Crippen LogP contribution is 2.09. The summed E-state index contributed by atoms with van der Waals surface area (Å²) in [6.07, 6.45) is 5.76. The van der Waals surface area contributed by atoms with Gasteiger partial charge in [-0.1, -0.05) is 19.8 Å². The summed E-state index contributed by atoms with van der Waals surface area (Å²) in [5.74, 6) is 0. The van der Waals surface area contributed by atoms with Gasteiger partial charge < -0.3 is 5.73 Å². The van der Waals surface area contributed by atoms with Crippen LogP contribution < -0.4 is 10.5 Å². The van der Waals surface area contributed by atoms with Crippen LogP contribution in [0, 0.1) is 0 Å². The molecule has 6 nitrogen and oxygen atoms in total. The van der Waals surface area contributed by atoms with Crippen LogP contribution in [0.25, 0.3) is 0 Å². The lowest BCUT2D eigenvalue weighted by Gasteiger charge is -2.12. The van der Waals surface area contributed by atoms with Crippen molar-refractivity contribution in [3.05, 3.63) is 12.4 Å². The molecule has 0 aliphatic heterocycles. The topological polar surface area (TPSA) is 90.0 Å². The van der Waals surface area contributed by atoms with Gasteiger partial charge in [0.2, 0.25) is 10.0 Å². The van der Waals surface area contributed by atoms with E-state index in [9.17, 15) is 8.42 Å². The zero-order valence-corrected chi connectivity index (χ0v) is 11.8. The van der Waals surface area contributed by atoms with Gasteiger partial charge in [-0.05, 0) is 13.3 Å². The van der Waals surface area contributed by atoms with Crippen LogP contribution in [0.15, 0.2) is 17.3 Å². The van der Waals surface area contributed by atoms with E-state index in [0.717, 1.165) is 19.3 Å². The highest BCUT2D eigenvalue weighted by Gasteiger charge is 2.18. The van der Waals surface area contributed by atoms with E-state index in [0.29, 0.717) is 13.1 Å². The van der Waals surface area contributed by atoms with Crippen LogP contribution in [0.5, 0.6) is 0 Å². The Hall–Kier alpha value is -0.920. The fourth-order valence-corrected chi connectivity index (χ4v) is 2.87. The van der Waals surface area contributed by atoms with Gasteiger partial charge in [-0.25, -0.2) is 13.1 Å². The van der Waals surface area contributed by atoms with Gasteiger partial charge in [0.15, 0.2) is 0 Å². The molecule has 1 atom stereocenters. The third kappa shape index (κ3) is 4.40. The Bertz CT molecular complexity index is 455. The summed E-state index contributed by atoms with van der Waals surface area (Å²) in [7, 11) is -3.46. The Labute approximate surface area is 109 Å². The van der Waals surface area contributed by atoms with Crippen molar-refractivity contribution in [2.24, 2.45) is 5.73 Å². The van der Waals surface area contributed by atoms with E-state index in [2.05, 4.69) is 16.7 Å². The molecule has 7 heteroatoms. The number of hydrogen-bond acceptors (Lipinski definition) is 4. The summed E-state index contributed by atoms with van der Waals surface area (Å²) in [6, 6.07) is -0.0622. The summed E-state index contributed by atoms with van der Waals surface area (Å²) < 4.78 is 28.2. The second-order valence-electron chi connectivity index (χ2n) is 4.39. The summed E-state index contributed by atoms with van der Waals surface area (Å²) >= 11 is 0. The van der Waals surface area contributed by atoms with Crippen LogP contribution >= 0.6 is 0 Å². The van der Waals surface area contributed by atoms with Crippen LogP contribution in [-0.4, -0.2) is 30.8 Å². The second-order valence-corrected chi connectivity index (χ2v) is 6.11. The lowest BCUT2D eigenvalue weighted by molar-refractivity contribution is 0.534. The van der Waals surface area contributed by atoms with Gasteiger partial charge in [0, 0.05) is 18.8 Å². The SMILES string of the molecule is CCCCC(C)NS(=O)(=O)c1cnn(CCN)c1. The molecule has 0 spiro atoms. The molecule has 0 radical (unpaired) electrons. The highest BCUT2D eigenvalue weighted by atomic mass is 32.2.